The molecule has 0 bridgehead atoms. The highest BCUT2D eigenvalue weighted by Gasteiger charge is 2.76. The van der Waals surface area contributed by atoms with Crippen LogP contribution in [-0.2, 0) is 28.4 Å². The van der Waals surface area contributed by atoms with Crippen molar-refractivity contribution in [3.8, 4) is 0 Å². The molecule has 1 heterocycles. The van der Waals surface area contributed by atoms with Gasteiger partial charge in [-0.2, -0.15) is 8.42 Å². The molecule has 8 nitrogen and oxygen atoms in total. The summed E-state index contributed by atoms with van der Waals surface area (Å²) < 4.78 is 32.2. The molecule has 19 heavy (non-hydrogen) atoms. The predicted molar refractivity (Wildman–Crippen MR) is 61.5 cm³/mol. The van der Waals surface area contributed by atoms with Crippen LogP contribution in [0.1, 0.15) is 27.7 Å². The van der Waals surface area contributed by atoms with Gasteiger partial charge in [0.1, 0.15) is 0 Å². The van der Waals surface area contributed by atoms with E-state index < -0.39 is 45.4 Å². The molecule has 0 aromatic carbocycles. The van der Waals surface area contributed by atoms with Crippen LogP contribution in [0.5, 0.6) is 0 Å². The van der Waals surface area contributed by atoms with Gasteiger partial charge in [0.25, 0.3) is 0 Å². The average Bonchev–Trinajstić information content (AvgIpc) is 2.48. The smallest absolute Gasteiger partial charge is 0.402 e. The van der Waals surface area contributed by atoms with Gasteiger partial charge in [-0.1, -0.05) is 27.7 Å². The summed E-state index contributed by atoms with van der Waals surface area (Å²) in [4.78, 5) is 23.1. The maximum Gasteiger partial charge on any atom is 0.402 e. The molecular weight excluding hydrogens is 280 g/mol. The predicted octanol–water partition coefficient (Wildman–Crippen LogP) is 0.237. The van der Waals surface area contributed by atoms with E-state index in [-0.39, 0.29) is 0 Å². The Morgan fingerprint density at radius 3 is 1.32 bits per heavy atom. The van der Waals surface area contributed by atoms with Gasteiger partial charge in [-0.25, -0.2) is 18.0 Å². The van der Waals surface area contributed by atoms with Crippen molar-refractivity contribution >= 4 is 22.3 Å². The molecule has 0 spiro atoms. The van der Waals surface area contributed by atoms with Crippen LogP contribution < -0.4 is 0 Å². The largest absolute Gasteiger partial charge is 0.479 e. The Morgan fingerprint density at radius 2 is 1.16 bits per heavy atom. The van der Waals surface area contributed by atoms with Gasteiger partial charge in [-0.3, -0.25) is 0 Å². The van der Waals surface area contributed by atoms with Crippen LogP contribution in [0.4, 0.5) is 0 Å². The monoisotopic (exact) mass is 296 g/mol. The Hall–Kier alpha value is -1.19. The van der Waals surface area contributed by atoms with Crippen LogP contribution in [0, 0.1) is 11.8 Å². The second kappa shape index (κ2) is 4.43. The second-order valence-electron chi connectivity index (χ2n) is 4.97. The van der Waals surface area contributed by atoms with Gasteiger partial charge in [0.15, 0.2) is 0 Å². The summed E-state index contributed by atoms with van der Waals surface area (Å²) in [6.45, 7) is 5.44. The van der Waals surface area contributed by atoms with Gasteiger partial charge in [0.2, 0.25) is 11.2 Å². The molecule has 1 rings (SSSR count). The fraction of sp³-hybridized carbons (Fsp3) is 0.800. The molecule has 0 aliphatic carbocycles. The van der Waals surface area contributed by atoms with Crippen molar-refractivity contribution in [1.29, 1.82) is 0 Å². The van der Waals surface area contributed by atoms with Gasteiger partial charge in [0, 0.05) is 0 Å². The quantitative estimate of drug-likeness (QED) is 0.755. The molecule has 2 atom stereocenters. The number of carbonyl (C=O) groups is 2. The number of carboxylic acids is 2. The molecule has 1 aliphatic heterocycles. The Kier molecular flexibility index (Phi) is 3.70. The Balaban J connectivity index is 3.74. The molecule has 0 saturated carbocycles. The lowest BCUT2D eigenvalue weighted by molar-refractivity contribution is -0.193. The number of rotatable bonds is 4. The first kappa shape index (κ1) is 15.9. The maximum atomic E-state index is 11.5. The van der Waals surface area contributed by atoms with Gasteiger partial charge >= 0.3 is 22.3 Å². The topological polar surface area (TPSA) is 127 Å². The van der Waals surface area contributed by atoms with Gasteiger partial charge in [0.05, 0.1) is 0 Å². The average molecular weight is 296 g/mol. The van der Waals surface area contributed by atoms with Crippen LogP contribution in [-0.4, -0.2) is 41.8 Å². The van der Waals surface area contributed by atoms with Gasteiger partial charge in [-0.15, -0.1) is 0 Å². The summed E-state index contributed by atoms with van der Waals surface area (Å²) in [5.74, 6) is -5.28. The van der Waals surface area contributed by atoms with Crippen molar-refractivity contribution in [1.82, 2.24) is 0 Å². The highest BCUT2D eigenvalue weighted by atomic mass is 32.3. The third kappa shape index (κ3) is 1.92. The maximum absolute atomic E-state index is 11.5. The van der Waals surface area contributed by atoms with Gasteiger partial charge < -0.3 is 10.2 Å². The molecule has 0 amide bonds. The standard InChI is InChI=1S/C10H16O8S/c1-5(2)9(7(11)12)10(6(3)4,8(13)14)18-19(15,16)17-9/h5-6H,1-4H3,(H,11,12)(H,13,14). The number of aliphatic carboxylic acids is 2. The van der Waals surface area contributed by atoms with Crippen molar-refractivity contribution < 1.29 is 36.6 Å². The zero-order valence-electron chi connectivity index (χ0n) is 10.9. The summed E-state index contributed by atoms with van der Waals surface area (Å²) in [6, 6.07) is 0. The van der Waals surface area contributed by atoms with Crippen molar-refractivity contribution in [2.45, 2.75) is 38.9 Å². The summed E-state index contributed by atoms with van der Waals surface area (Å²) in [5, 5.41) is 18.7. The highest BCUT2D eigenvalue weighted by Crippen LogP contribution is 2.49. The van der Waals surface area contributed by atoms with Gasteiger partial charge in [-0.05, 0) is 11.8 Å². The summed E-state index contributed by atoms with van der Waals surface area (Å²) in [5.41, 5.74) is -5.02. The number of hydrogen-bond acceptors (Lipinski definition) is 6. The van der Waals surface area contributed by atoms with E-state index in [1.54, 1.807) is 0 Å². The van der Waals surface area contributed by atoms with Crippen LogP contribution in [0.25, 0.3) is 0 Å². The molecule has 110 valence electrons. The van der Waals surface area contributed by atoms with Crippen LogP contribution >= 0.6 is 0 Å². The highest BCUT2D eigenvalue weighted by molar-refractivity contribution is 7.82. The van der Waals surface area contributed by atoms with E-state index >= 15 is 0 Å². The second-order valence-corrected chi connectivity index (χ2v) is 6.12. The van der Waals surface area contributed by atoms with Crippen LogP contribution in [0.2, 0.25) is 0 Å². The molecule has 1 aliphatic rings. The first-order valence-electron chi connectivity index (χ1n) is 5.57. The molecule has 0 radical (unpaired) electrons. The summed E-state index contributed by atoms with van der Waals surface area (Å²) in [6.07, 6.45) is 0. The van der Waals surface area contributed by atoms with E-state index in [1.165, 1.54) is 27.7 Å². The normalized spacial score (nSPS) is 33.8. The summed E-state index contributed by atoms with van der Waals surface area (Å²) in [7, 11) is -4.70. The Morgan fingerprint density at radius 1 is 0.895 bits per heavy atom. The third-order valence-electron chi connectivity index (χ3n) is 3.28. The fourth-order valence-electron chi connectivity index (χ4n) is 2.40. The first-order chi connectivity index (χ1) is 8.44. The minimum Gasteiger partial charge on any atom is -0.479 e. The van der Waals surface area contributed by atoms with Crippen molar-refractivity contribution in [2.75, 3.05) is 0 Å². The van der Waals surface area contributed by atoms with Crippen LogP contribution in [0.3, 0.4) is 0 Å². The Bertz CT molecular complexity index is 468. The first-order valence-corrected chi connectivity index (χ1v) is 6.90. The molecule has 1 saturated heterocycles. The number of hydrogen-bond donors (Lipinski definition) is 2. The zero-order valence-corrected chi connectivity index (χ0v) is 11.7. The van der Waals surface area contributed by atoms with E-state index in [0.717, 1.165) is 0 Å². The Labute approximate surface area is 110 Å². The van der Waals surface area contributed by atoms with E-state index in [0.29, 0.717) is 0 Å². The molecule has 0 aromatic heterocycles. The molecular formula is C10H16O8S. The molecule has 2 N–H and O–H groups in total. The van der Waals surface area contributed by atoms with Crippen molar-refractivity contribution in [3.63, 3.8) is 0 Å². The zero-order chi connectivity index (χ0) is 15.2. The van der Waals surface area contributed by atoms with E-state index in [9.17, 15) is 28.2 Å². The molecule has 1 fully saturated rings. The minimum absolute atomic E-state index is 0.944. The molecule has 0 aromatic rings. The van der Waals surface area contributed by atoms with Crippen molar-refractivity contribution in [2.24, 2.45) is 11.8 Å². The summed E-state index contributed by atoms with van der Waals surface area (Å²) >= 11 is 0. The minimum atomic E-state index is -4.70. The van der Waals surface area contributed by atoms with Crippen LogP contribution in [0.15, 0.2) is 0 Å². The van der Waals surface area contributed by atoms with E-state index in [4.69, 9.17) is 0 Å². The lowest BCUT2D eigenvalue weighted by Crippen LogP contribution is -2.67. The SMILES string of the molecule is CC(C)C1(C(=O)O)OS(=O)(=O)OC1(C(=O)O)C(C)C. The third-order valence-corrected chi connectivity index (χ3v) is 4.21. The van der Waals surface area contributed by atoms with Crippen molar-refractivity contribution in [3.05, 3.63) is 0 Å². The number of carboxylic acid groups (broad SMARTS) is 2. The lowest BCUT2D eigenvalue weighted by Gasteiger charge is -2.39. The molecule has 9 heteroatoms. The fourth-order valence-corrected chi connectivity index (χ4v) is 3.85. The molecule has 2 unspecified atom stereocenters. The van der Waals surface area contributed by atoms with E-state index in [2.05, 4.69) is 8.37 Å². The van der Waals surface area contributed by atoms with E-state index in [1.807, 2.05) is 0 Å². The lowest BCUT2D eigenvalue weighted by atomic mass is 9.69.